The van der Waals surface area contributed by atoms with E-state index in [4.69, 9.17) is 5.73 Å². The van der Waals surface area contributed by atoms with Gasteiger partial charge in [0.25, 0.3) is 0 Å². The molecule has 3 nitrogen and oxygen atoms in total. The van der Waals surface area contributed by atoms with Crippen LogP contribution in [-0.2, 0) is 17.4 Å². The lowest BCUT2D eigenvalue weighted by Crippen LogP contribution is -2.33. The molecule has 0 heterocycles. The zero-order valence-corrected chi connectivity index (χ0v) is 16.1. The molecular weight excluding hydrogens is 377 g/mol. The minimum absolute atomic E-state index is 0. The maximum absolute atomic E-state index is 12.9. The van der Waals surface area contributed by atoms with E-state index in [9.17, 15) is 18.0 Å². The molecule has 7 heteroatoms. The summed E-state index contributed by atoms with van der Waals surface area (Å²) in [4.78, 5) is 14.2. The summed E-state index contributed by atoms with van der Waals surface area (Å²) in [5.74, 6) is -0.110. The standard InChI is InChI=1S/C20H23F3N2O.ClH/c1-3-25(19(26)12-11-15-7-4-5-10-18(15)24)14(2)16-8-6-9-17(13-16)20(21,22)23;/h4-10,13-14H,3,11-12,24H2,1-2H3;1H. The topological polar surface area (TPSA) is 46.3 Å². The van der Waals surface area contributed by atoms with Gasteiger partial charge in [-0.25, -0.2) is 0 Å². The summed E-state index contributed by atoms with van der Waals surface area (Å²) in [7, 11) is 0. The maximum atomic E-state index is 12.9. The van der Waals surface area contributed by atoms with E-state index in [2.05, 4.69) is 0 Å². The molecule has 1 unspecified atom stereocenters. The first-order valence-electron chi connectivity index (χ1n) is 8.54. The monoisotopic (exact) mass is 400 g/mol. The molecule has 0 bridgehead atoms. The van der Waals surface area contributed by atoms with Crippen molar-refractivity contribution < 1.29 is 18.0 Å². The van der Waals surface area contributed by atoms with Crippen LogP contribution in [0.5, 0.6) is 0 Å². The molecule has 2 rings (SSSR count). The van der Waals surface area contributed by atoms with E-state index in [1.165, 1.54) is 6.07 Å². The smallest absolute Gasteiger partial charge is 0.399 e. The average molecular weight is 401 g/mol. The van der Waals surface area contributed by atoms with Crippen LogP contribution in [0.2, 0.25) is 0 Å². The van der Waals surface area contributed by atoms with Gasteiger partial charge in [0.15, 0.2) is 0 Å². The number of halogens is 4. The Morgan fingerprint density at radius 2 is 1.81 bits per heavy atom. The minimum Gasteiger partial charge on any atom is -0.399 e. The molecule has 148 valence electrons. The number of hydrogen-bond donors (Lipinski definition) is 1. The average Bonchev–Trinajstić information content (AvgIpc) is 2.61. The van der Waals surface area contributed by atoms with Gasteiger partial charge in [0.05, 0.1) is 11.6 Å². The van der Waals surface area contributed by atoms with Gasteiger partial charge in [0, 0.05) is 18.7 Å². The van der Waals surface area contributed by atoms with Crippen LogP contribution in [0.25, 0.3) is 0 Å². The van der Waals surface area contributed by atoms with Gasteiger partial charge in [-0.1, -0.05) is 30.3 Å². The van der Waals surface area contributed by atoms with Crippen molar-refractivity contribution in [3.05, 3.63) is 65.2 Å². The van der Waals surface area contributed by atoms with Gasteiger partial charge in [-0.2, -0.15) is 13.2 Å². The van der Waals surface area contributed by atoms with Crippen molar-refractivity contribution in [3.8, 4) is 0 Å². The highest BCUT2D eigenvalue weighted by molar-refractivity contribution is 5.85. The highest BCUT2D eigenvalue weighted by Crippen LogP contribution is 2.32. The quantitative estimate of drug-likeness (QED) is 0.673. The normalized spacial score (nSPS) is 12.2. The highest BCUT2D eigenvalue weighted by Gasteiger charge is 2.31. The number of aryl methyl sites for hydroxylation is 1. The van der Waals surface area contributed by atoms with Crippen LogP contribution in [0.15, 0.2) is 48.5 Å². The number of anilines is 1. The third kappa shape index (κ3) is 5.89. The predicted molar refractivity (Wildman–Crippen MR) is 104 cm³/mol. The van der Waals surface area contributed by atoms with E-state index in [1.54, 1.807) is 24.0 Å². The number of amides is 1. The molecule has 0 radical (unpaired) electrons. The van der Waals surface area contributed by atoms with E-state index in [0.29, 0.717) is 24.2 Å². The van der Waals surface area contributed by atoms with E-state index in [1.807, 2.05) is 25.1 Å². The van der Waals surface area contributed by atoms with Crippen LogP contribution in [0.3, 0.4) is 0 Å². The molecule has 1 amide bonds. The third-order valence-electron chi connectivity index (χ3n) is 4.49. The molecule has 2 N–H and O–H groups in total. The zero-order valence-electron chi connectivity index (χ0n) is 15.3. The molecule has 0 aliphatic carbocycles. The van der Waals surface area contributed by atoms with E-state index in [0.717, 1.165) is 17.7 Å². The first-order chi connectivity index (χ1) is 12.2. The van der Waals surface area contributed by atoms with Crippen LogP contribution in [0.1, 0.15) is 43.0 Å². The second-order valence-electron chi connectivity index (χ2n) is 6.18. The van der Waals surface area contributed by atoms with Crippen molar-refractivity contribution in [2.75, 3.05) is 12.3 Å². The number of rotatable bonds is 6. The van der Waals surface area contributed by atoms with Crippen molar-refractivity contribution in [2.24, 2.45) is 0 Å². The summed E-state index contributed by atoms with van der Waals surface area (Å²) in [5.41, 5.74) is 7.18. The molecule has 0 saturated carbocycles. The number of alkyl halides is 3. The van der Waals surface area contributed by atoms with Gasteiger partial charge >= 0.3 is 6.18 Å². The Morgan fingerprint density at radius 3 is 2.41 bits per heavy atom. The number of nitrogens with two attached hydrogens (primary N) is 1. The fourth-order valence-electron chi connectivity index (χ4n) is 2.97. The summed E-state index contributed by atoms with van der Waals surface area (Å²) in [6.45, 7) is 3.98. The fourth-order valence-corrected chi connectivity index (χ4v) is 2.97. The van der Waals surface area contributed by atoms with Crippen molar-refractivity contribution in [3.63, 3.8) is 0 Å². The summed E-state index contributed by atoms with van der Waals surface area (Å²) in [5, 5.41) is 0. The summed E-state index contributed by atoms with van der Waals surface area (Å²) < 4.78 is 38.8. The number of benzene rings is 2. The van der Waals surface area contributed by atoms with Gasteiger partial charge in [-0.05, 0) is 49.6 Å². The second kappa shape index (κ2) is 9.65. The molecule has 2 aromatic rings. The van der Waals surface area contributed by atoms with Crippen LogP contribution >= 0.6 is 12.4 Å². The first kappa shape index (κ1) is 22.8. The number of carbonyl (C=O) groups is 1. The lowest BCUT2D eigenvalue weighted by molar-refractivity contribution is -0.137. The first-order valence-corrected chi connectivity index (χ1v) is 8.54. The molecule has 0 aliphatic rings. The molecule has 27 heavy (non-hydrogen) atoms. The zero-order chi connectivity index (χ0) is 19.3. The second-order valence-corrected chi connectivity index (χ2v) is 6.18. The molecule has 1 atom stereocenters. The molecule has 2 aromatic carbocycles. The van der Waals surface area contributed by atoms with Gasteiger partial charge in [0.2, 0.25) is 5.91 Å². The lowest BCUT2D eigenvalue weighted by atomic mass is 10.0. The molecular formula is C20H24ClF3N2O. The number of nitrogen functional groups attached to an aromatic ring is 1. The van der Waals surface area contributed by atoms with Crippen LogP contribution in [0, 0.1) is 0 Å². The van der Waals surface area contributed by atoms with Crippen molar-refractivity contribution in [1.29, 1.82) is 0 Å². The van der Waals surface area contributed by atoms with Gasteiger partial charge < -0.3 is 10.6 Å². The predicted octanol–water partition coefficient (Wildman–Crippen LogP) is 5.25. The number of carbonyl (C=O) groups excluding carboxylic acids is 1. The summed E-state index contributed by atoms with van der Waals surface area (Å²) in [6.07, 6.45) is -3.65. The fraction of sp³-hybridized carbons (Fsp3) is 0.350. The highest BCUT2D eigenvalue weighted by atomic mass is 35.5. The minimum atomic E-state index is -4.40. The lowest BCUT2D eigenvalue weighted by Gasteiger charge is -2.29. The largest absolute Gasteiger partial charge is 0.416 e. The van der Waals surface area contributed by atoms with E-state index >= 15 is 0 Å². The SMILES string of the molecule is CCN(C(=O)CCc1ccccc1N)C(C)c1cccc(C(F)(F)F)c1.Cl. The Labute approximate surface area is 163 Å². The Balaban J connectivity index is 0.00000364. The maximum Gasteiger partial charge on any atom is 0.416 e. The Morgan fingerprint density at radius 1 is 1.15 bits per heavy atom. The van der Waals surface area contributed by atoms with E-state index < -0.39 is 17.8 Å². The van der Waals surface area contributed by atoms with Crippen molar-refractivity contribution in [1.82, 2.24) is 4.90 Å². The molecule has 0 fully saturated rings. The van der Waals surface area contributed by atoms with Crippen LogP contribution < -0.4 is 5.73 Å². The molecule has 0 saturated heterocycles. The van der Waals surface area contributed by atoms with Crippen LogP contribution in [0.4, 0.5) is 18.9 Å². The molecule has 0 aliphatic heterocycles. The third-order valence-corrected chi connectivity index (χ3v) is 4.49. The Hall–Kier alpha value is -2.21. The number of para-hydroxylation sites is 1. The summed E-state index contributed by atoms with van der Waals surface area (Å²) >= 11 is 0. The number of hydrogen-bond acceptors (Lipinski definition) is 2. The van der Waals surface area contributed by atoms with Gasteiger partial charge in [0.1, 0.15) is 0 Å². The molecule has 0 spiro atoms. The van der Waals surface area contributed by atoms with Crippen molar-refractivity contribution in [2.45, 2.75) is 38.9 Å². The van der Waals surface area contributed by atoms with Gasteiger partial charge in [-0.3, -0.25) is 4.79 Å². The Kier molecular flexibility index (Phi) is 8.16. The van der Waals surface area contributed by atoms with Crippen LogP contribution in [-0.4, -0.2) is 17.4 Å². The van der Waals surface area contributed by atoms with E-state index in [-0.39, 0.29) is 24.7 Å². The van der Waals surface area contributed by atoms with Gasteiger partial charge in [-0.15, -0.1) is 12.4 Å². The number of nitrogens with zero attached hydrogens (tertiary/aromatic N) is 1. The van der Waals surface area contributed by atoms with Crippen molar-refractivity contribution >= 4 is 24.0 Å². The Bertz CT molecular complexity index is 765. The summed E-state index contributed by atoms with van der Waals surface area (Å²) in [6, 6.07) is 12.0. The molecule has 0 aromatic heterocycles.